The minimum Gasteiger partial charge on any atom is -0.362 e. The van der Waals surface area contributed by atoms with Crippen LogP contribution in [0.2, 0.25) is 5.02 Å². The van der Waals surface area contributed by atoms with E-state index in [2.05, 4.69) is 50.8 Å². The molecule has 0 fully saturated rings. The summed E-state index contributed by atoms with van der Waals surface area (Å²) in [5.74, 6) is 0. The second-order valence-corrected chi connectivity index (χ2v) is 6.68. The van der Waals surface area contributed by atoms with Crippen LogP contribution in [0.1, 0.15) is 18.4 Å². The molecule has 0 aliphatic carbocycles. The van der Waals surface area contributed by atoms with Gasteiger partial charge in [0.15, 0.2) is 5.11 Å². The molecule has 2 N–H and O–H groups in total. The Morgan fingerprint density at radius 2 is 1.86 bits per heavy atom. The molecule has 0 saturated heterocycles. The molecule has 0 spiro atoms. The Morgan fingerprint density at radius 1 is 1.09 bits per heavy atom. The standard InChI is InChI=1S/C17H18BrClN2S/c18-14-9-10-16(15(19)12-14)21-17(22)20-11-5-4-8-13-6-2-1-3-7-13/h1-3,6-7,9-10,12H,4-5,8,11H2,(H2,20,21,22). The van der Waals surface area contributed by atoms with Gasteiger partial charge in [-0.05, 0) is 55.2 Å². The summed E-state index contributed by atoms with van der Waals surface area (Å²) < 4.78 is 0.947. The Kier molecular flexibility index (Phi) is 7.16. The first-order valence-electron chi connectivity index (χ1n) is 7.19. The summed E-state index contributed by atoms with van der Waals surface area (Å²) in [7, 11) is 0. The van der Waals surface area contributed by atoms with E-state index in [9.17, 15) is 0 Å². The second-order valence-electron chi connectivity index (χ2n) is 4.95. The van der Waals surface area contributed by atoms with E-state index in [0.717, 1.165) is 36.0 Å². The third kappa shape index (κ3) is 5.95. The number of hydrogen-bond donors (Lipinski definition) is 2. The molecule has 0 saturated carbocycles. The number of unbranched alkanes of at least 4 members (excludes halogenated alkanes) is 1. The van der Waals surface area contributed by atoms with Crippen LogP contribution in [0.4, 0.5) is 5.69 Å². The number of benzene rings is 2. The highest BCUT2D eigenvalue weighted by Crippen LogP contribution is 2.25. The zero-order valence-corrected chi connectivity index (χ0v) is 15.3. The van der Waals surface area contributed by atoms with E-state index in [4.69, 9.17) is 23.8 Å². The van der Waals surface area contributed by atoms with Crippen molar-refractivity contribution in [3.8, 4) is 0 Å². The van der Waals surface area contributed by atoms with Crippen molar-refractivity contribution in [2.75, 3.05) is 11.9 Å². The van der Waals surface area contributed by atoms with Gasteiger partial charge in [-0.3, -0.25) is 0 Å². The maximum atomic E-state index is 6.15. The first-order chi connectivity index (χ1) is 10.6. The van der Waals surface area contributed by atoms with Crippen molar-refractivity contribution in [2.45, 2.75) is 19.3 Å². The maximum Gasteiger partial charge on any atom is 0.170 e. The molecule has 0 unspecified atom stereocenters. The fourth-order valence-electron chi connectivity index (χ4n) is 2.06. The first kappa shape index (κ1) is 17.3. The van der Waals surface area contributed by atoms with Gasteiger partial charge in [0.2, 0.25) is 0 Å². The Bertz CT molecular complexity index is 619. The molecular formula is C17H18BrClN2S. The molecule has 0 heterocycles. The van der Waals surface area contributed by atoms with Crippen LogP contribution in [-0.2, 0) is 6.42 Å². The molecule has 116 valence electrons. The van der Waals surface area contributed by atoms with Crippen molar-refractivity contribution in [1.82, 2.24) is 5.32 Å². The van der Waals surface area contributed by atoms with E-state index in [1.54, 1.807) is 0 Å². The van der Waals surface area contributed by atoms with Crippen LogP contribution in [0, 0.1) is 0 Å². The highest BCUT2D eigenvalue weighted by molar-refractivity contribution is 9.10. The molecule has 22 heavy (non-hydrogen) atoms. The fraction of sp³-hybridized carbons (Fsp3) is 0.235. The first-order valence-corrected chi connectivity index (χ1v) is 8.77. The van der Waals surface area contributed by atoms with Crippen molar-refractivity contribution >= 4 is 50.5 Å². The number of rotatable bonds is 6. The molecule has 2 rings (SSSR count). The van der Waals surface area contributed by atoms with E-state index >= 15 is 0 Å². The summed E-state index contributed by atoms with van der Waals surface area (Å²) in [6.45, 7) is 0.854. The fourth-order valence-corrected chi connectivity index (χ4v) is 2.99. The van der Waals surface area contributed by atoms with Crippen LogP contribution in [0.15, 0.2) is 53.0 Å². The molecule has 0 atom stereocenters. The Hall–Kier alpha value is -1.10. The lowest BCUT2D eigenvalue weighted by atomic mass is 10.1. The highest BCUT2D eigenvalue weighted by atomic mass is 79.9. The van der Waals surface area contributed by atoms with Gasteiger partial charge in [0.1, 0.15) is 0 Å². The van der Waals surface area contributed by atoms with Crippen molar-refractivity contribution in [3.05, 3.63) is 63.6 Å². The highest BCUT2D eigenvalue weighted by Gasteiger charge is 2.03. The van der Waals surface area contributed by atoms with Crippen LogP contribution >= 0.6 is 39.7 Å². The number of hydrogen-bond acceptors (Lipinski definition) is 1. The van der Waals surface area contributed by atoms with Gasteiger partial charge < -0.3 is 10.6 Å². The van der Waals surface area contributed by atoms with Gasteiger partial charge in [0.05, 0.1) is 10.7 Å². The van der Waals surface area contributed by atoms with Crippen LogP contribution < -0.4 is 10.6 Å². The molecule has 0 bridgehead atoms. The van der Waals surface area contributed by atoms with E-state index in [1.807, 2.05) is 24.3 Å². The van der Waals surface area contributed by atoms with Gasteiger partial charge in [0.25, 0.3) is 0 Å². The van der Waals surface area contributed by atoms with E-state index in [-0.39, 0.29) is 0 Å². The molecule has 0 radical (unpaired) electrons. The third-order valence-corrected chi connectivity index (χ3v) is 4.25. The predicted octanol–water partition coefficient (Wildman–Crippen LogP) is 5.41. The summed E-state index contributed by atoms with van der Waals surface area (Å²) in [5.41, 5.74) is 2.19. The van der Waals surface area contributed by atoms with Crippen molar-refractivity contribution in [2.24, 2.45) is 0 Å². The summed E-state index contributed by atoms with van der Waals surface area (Å²) in [6.07, 6.45) is 3.31. The van der Waals surface area contributed by atoms with Gasteiger partial charge in [-0.1, -0.05) is 57.9 Å². The second kappa shape index (κ2) is 9.13. The molecule has 0 aliphatic rings. The lowest BCUT2D eigenvalue weighted by Gasteiger charge is -2.12. The average Bonchev–Trinajstić information content (AvgIpc) is 2.51. The number of nitrogens with one attached hydrogen (secondary N) is 2. The largest absolute Gasteiger partial charge is 0.362 e. The monoisotopic (exact) mass is 396 g/mol. The number of halogens is 2. The smallest absolute Gasteiger partial charge is 0.170 e. The van der Waals surface area contributed by atoms with Crippen molar-refractivity contribution < 1.29 is 0 Å². The molecule has 0 aliphatic heterocycles. The molecule has 5 heteroatoms. The van der Waals surface area contributed by atoms with Crippen molar-refractivity contribution in [3.63, 3.8) is 0 Å². The van der Waals surface area contributed by atoms with Crippen molar-refractivity contribution in [1.29, 1.82) is 0 Å². The van der Waals surface area contributed by atoms with E-state index < -0.39 is 0 Å². The number of thiocarbonyl (C=S) groups is 1. The average molecular weight is 398 g/mol. The van der Waals surface area contributed by atoms with E-state index in [1.165, 1.54) is 5.56 Å². The van der Waals surface area contributed by atoms with Crippen LogP contribution in [-0.4, -0.2) is 11.7 Å². The van der Waals surface area contributed by atoms with Gasteiger partial charge in [-0.2, -0.15) is 0 Å². The Balaban J connectivity index is 1.65. The number of aryl methyl sites for hydroxylation is 1. The molecule has 2 nitrogen and oxygen atoms in total. The van der Waals surface area contributed by atoms with E-state index in [0.29, 0.717) is 10.1 Å². The topological polar surface area (TPSA) is 24.1 Å². The molecular weight excluding hydrogens is 380 g/mol. The quantitative estimate of drug-likeness (QED) is 0.503. The summed E-state index contributed by atoms with van der Waals surface area (Å²) in [6, 6.07) is 16.2. The summed E-state index contributed by atoms with van der Waals surface area (Å²) in [5, 5.41) is 7.56. The lowest BCUT2D eigenvalue weighted by molar-refractivity contribution is 0.711. The summed E-state index contributed by atoms with van der Waals surface area (Å²) >= 11 is 14.8. The zero-order valence-electron chi connectivity index (χ0n) is 12.1. The van der Waals surface area contributed by atoms with Gasteiger partial charge >= 0.3 is 0 Å². The Morgan fingerprint density at radius 3 is 2.59 bits per heavy atom. The predicted molar refractivity (Wildman–Crippen MR) is 103 cm³/mol. The lowest BCUT2D eigenvalue weighted by Crippen LogP contribution is -2.29. The molecule has 0 amide bonds. The van der Waals surface area contributed by atoms with Crippen LogP contribution in [0.25, 0.3) is 0 Å². The normalized spacial score (nSPS) is 10.3. The molecule has 0 aromatic heterocycles. The van der Waals surface area contributed by atoms with Crippen LogP contribution in [0.3, 0.4) is 0 Å². The van der Waals surface area contributed by atoms with Gasteiger partial charge in [-0.15, -0.1) is 0 Å². The molecule has 2 aromatic rings. The Labute approximate surface area is 150 Å². The maximum absolute atomic E-state index is 6.15. The summed E-state index contributed by atoms with van der Waals surface area (Å²) in [4.78, 5) is 0. The zero-order chi connectivity index (χ0) is 15.8. The number of anilines is 1. The molecule has 2 aromatic carbocycles. The van der Waals surface area contributed by atoms with Crippen LogP contribution in [0.5, 0.6) is 0 Å². The SMILES string of the molecule is S=C(NCCCCc1ccccc1)Nc1ccc(Br)cc1Cl. The minimum absolute atomic E-state index is 0.601. The van der Waals surface area contributed by atoms with Gasteiger partial charge in [-0.25, -0.2) is 0 Å². The van der Waals surface area contributed by atoms with Gasteiger partial charge in [0, 0.05) is 11.0 Å². The minimum atomic E-state index is 0.601. The third-order valence-electron chi connectivity index (χ3n) is 3.20.